The van der Waals surface area contributed by atoms with Crippen LogP contribution in [0.3, 0.4) is 0 Å². The van der Waals surface area contributed by atoms with E-state index in [1.807, 2.05) is 0 Å². The summed E-state index contributed by atoms with van der Waals surface area (Å²) in [4.78, 5) is 15.4. The van der Waals surface area contributed by atoms with E-state index in [1.165, 1.54) is 7.05 Å². The molecule has 0 heterocycles. The highest BCUT2D eigenvalue weighted by molar-refractivity contribution is 5.79. The fourth-order valence-electron chi connectivity index (χ4n) is 2.17. The summed E-state index contributed by atoms with van der Waals surface area (Å²) in [5, 5.41) is 8.27. The lowest BCUT2D eigenvalue weighted by Gasteiger charge is -2.19. The summed E-state index contributed by atoms with van der Waals surface area (Å²) in [5.41, 5.74) is -1.70. The summed E-state index contributed by atoms with van der Waals surface area (Å²) < 4.78 is 57.2. The van der Waals surface area contributed by atoms with Crippen LogP contribution in [-0.2, 0) is 17.5 Å². The largest absolute Gasteiger partial charge is 0.444 e. The quantitative estimate of drug-likeness (QED) is 0.293. The van der Waals surface area contributed by atoms with Crippen molar-refractivity contribution >= 4 is 12.1 Å². The number of carbonyl (C=O) groups is 1. The Kier molecular flexibility index (Phi) is 8.52. The Morgan fingerprint density at radius 3 is 2.32 bits per heavy atom. The summed E-state index contributed by atoms with van der Waals surface area (Å²) >= 11 is 0. The van der Waals surface area contributed by atoms with Gasteiger partial charge in [0.1, 0.15) is 11.4 Å². The van der Waals surface area contributed by atoms with Crippen molar-refractivity contribution in [3.05, 3.63) is 35.1 Å². The smallest absolute Gasteiger partial charge is 0.416 e. The SMILES string of the molecule is CN=C(NCCCNC(=O)OC(C)(C)C)NCc1ccc(F)cc1C(F)(F)F. The molecule has 0 radical (unpaired) electrons. The zero-order valence-electron chi connectivity index (χ0n) is 16.3. The van der Waals surface area contributed by atoms with E-state index >= 15 is 0 Å². The van der Waals surface area contributed by atoms with Crippen LogP contribution in [0.15, 0.2) is 23.2 Å². The second-order valence-electron chi connectivity index (χ2n) is 6.93. The Morgan fingerprint density at radius 1 is 1.11 bits per heavy atom. The maximum Gasteiger partial charge on any atom is 0.416 e. The normalized spacial score (nSPS) is 12.5. The molecule has 0 bridgehead atoms. The highest BCUT2D eigenvalue weighted by Gasteiger charge is 2.33. The number of amides is 1. The predicted molar refractivity (Wildman–Crippen MR) is 98.5 cm³/mol. The van der Waals surface area contributed by atoms with E-state index in [-0.39, 0.29) is 18.1 Å². The van der Waals surface area contributed by atoms with E-state index < -0.39 is 29.3 Å². The standard InChI is InChI=1S/C18H26F4N4O2/c1-17(2,3)28-16(27)25-9-5-8-24-15(23-4)26-11-12-6-7-13(19)10-14(12)18(20,21)22/h6-7,10H,5,8-9,11H2,1-4H3,(H,25,27)(H2,23,24,26). The Balaban J connectivity index is 2.44. The molecule has 0 aliphatic carbocycles. The van der Waals surface area contributed by atoms with Gasteiger partial charge in [-0.25, -0.2) is 9.18 Å². The molecule has 10 heteroatoms. The van der Waals surface area contributed by atoms with Crippen molar-refractivity contribution in [3.63, 3.8) is 0 Å². The number of guanidine groups is 1. The van der Waals surface area contributed by atoms with Gasteiger partial charge in [-0.05, 0) is 44.9 Å². The van der Waals surface area contributed by atoms with Crippen molar-refractivity contribution < 1.29 is 27.1 Å². The van der Waals surface area contributed by atoms with Crippen molar-refractivity contribution in [1.82, 2.24) is 16.0 Å². The number of benzene rings is 1. The summed E-state index contributed by atoms with van der Waals surface area (Å²) in [6.07, 6.45) is -4.63. The minimum atomic E-state index is -4.65. The van der Waals surface area contributed by atoms with Gasteiger partial charge in [0.2, 0.25) is 0 Å². The van der Waals surface area contributed by atoms with Gasteiger partial charge in [0.25, 0.3) is 0 Å². The van der Waals surface area contributed by atoms with Gasteiger partial charge in [0, 0.05) is 26.7 Å². The molecule has 1 rings (SSSR count). The predicted octanol–water partition coefficient (Wildman–Crippen LogP) is 3.42. The van der Waals surface area contributed by atoms with Crippen molar-refractivity contribution in [2.75, 3.05) is 20.1 Å². The summed E-state index contributed by atoms with van der Waals surface area (Å²) in [5.74, 6) is -0.661. The molecule has 0 aromatic heterocycles. The highest BCUT2D eigenvalue weighted by Crippen LogP contribution is 2.32. The second kappa shape index (κ2) is 10.1. The minimum Gasteiger partial charge on any atom is -0.444 e. The number of aliphatic imine (C=N–C) groups is 1. The Labute approximate surface area is 161 Å². The van der Waals surface area contributed by atoms with Crippen LogP contribution in [0.5, 0.6) is 0 Å². The van der Waals surface area contributed by atoms with E-state index in [9.17, 15) is 22.4 Å². The van der Waals surface area contributed by atoms with Gasteiger partial charge < -0.3 is 20.7 Å². The number of alkyl halides is 3. The molecule has 0 atom stereocenters. The molecular weight excluding hydrogens is 380 g/mol. The Morgan fingerprint density at radius 2 is 1.75 bits per heavy atom. The van der Waals surface area contributed by atoms with Crippen LogP contribution >= 0.6 is 0 Å². The van der Waals surface area contributed by atoms with Crippen LogP contribution in [0.2, 0.25) is 0 Å². The van der Waals surface area contributed by atoms with E-state index in [4.69, 9.17) is 4.74 Å². The van der Waals surface area contributed by atoms with Crippen molar-refractivity contribution in [2.24, 2.45) is 4.99 Å². The van der Waals surface area contributed by atoms with E-state index in [0.29, 0.717) is 25.6 Å². The van der Waals surface area contributed by atoms with Gasteiger partial charge in [-0.15, -0.1) is 0 Å². The van der Waals surface area contributed by atoms with Crippen LogP contribution in [0.1, 0.15) is 38.3 Å². The number of ether oxygens (including phenoxy) is 1. The van der Waals surface area contributed by atoms with Crippen molar-refractivity contribution in [1.29, 1.82) is 0 Å². The molecule has 0 saturated carbocycles. The number of rotatable bonds is 6. The minimum absolute atomic E-state index is 0.0940. The monoisotopic (exact) mass is 406 g/mol. The van der Waals surface area contributed by atoms with Crippen molar-refractivity contribution in [2.45, 2.75) is 45.5 Å². The molecular formula is C18H26F4N4O2. The summed E-state index contributed by atoms with van der Waals surface area (Å²) in [6, 6.07) is 2.53. The van der Waals surface area contributed by atoms with Gasteiger partial charge >= 0.3 is 12.3 Å². The highest BCUT2D eigenvalue weighted by atomic mass is 19.4. The summed E-state index contributed by atoms with van der Waals surface area (Å²) in [6.45, 7) is 5.88. The molecule has 0 aliphatic heterocycles. The van der Waals surface area contributed by atoms with Crippen LogP contribution in [0.4, 0.5) is 22.4 Å². The molecule has 1 aromatic carbocycles. The third-order valence-electron chi connectivity index (χ3n) is 3.36. The Hall–Kier alpha value is -2.52. The maximum atomic E-state index is 13.1. The van der Waals surface area contributed by atoms with Gasteiger partial charge in [-0.1, -0.05) is 6.07 Å². The molecule has 3 N–H and O–H groups in total. The first-order valence-corrected chi connectivity index (χ1v) is 8.69. The van der Waals surface area contributed by atoms with Crippen LogP contribution < -0.4 is 16.0 Å². The van der Waals surface area contributed by atoms with E-state index in [1.54, 1.807) is 20.8 Å². The molecule has 158 valence electrons. The van der Waals surface area contributed by atoms with Crippen molar-refractivity contribution in [3.8, 4) is 0 Å². The topological polar surface area (TPSA) is 74.8 Å². The maximum absolute atomic E-state index is 13.1. The van der Waals surface area contributed by atoms with Gasteiger partial charge in [-0.2, -0.15) is 13.2 Å². The molecule has 0 fully saturated rings. The fourth-order valence-corrected chi connectivity index (χ4v) is 2.17. The first-order chi connectivity index (χ1) is 12.9. The molecule has 6 nitrogen and oxygen atoms in total. The lowest BCUT2D eigenvalue weighted by atomic mass is 10.1. The fraction of sp³-hybridized carbons (Fsp3) is 0.556. The van der Waals surface area contributed by atoms with Gasteiger partial charge in [0.15, 0.2) is 5.96 Å². The lowest BCUT2D eigenvalue weighted by Crippen LogP contribution is -2.39. The third kappa shape index (κ3) is 8.92. The van der Waals surface area contributed by atoms with Gasteiger partial charge in [-0.3, -0.25) is 4.99 Å². The number of nitrogens with one attached hydrogen (secondary N) is 3. The third-order valence-corrected chi connectivity index (χ3v) is 3.36. The number of carbonyl (C=O) groups excluding carboxylic acids is 1. The zero-order chi connectivity index (χ0) is 21.4. The number of hydrogen-bond donors (Lipinski definition) is 3. The summed E-state index contributed by atoms with van der Waals surface area (Å²) in [7, 11) is 1.48. The Bertz CT molecular complexity index is 685. The first-order valence-electron chi connectivity index (χ1n) is 8.69. The molecule has 0 aliphatic rings. The van der Waals surface area contributed by atoms with Gasteiger partial charge in [0.05, 0.1) is 5.56 Å². The number of halogens is 4. The zero-order valence-corrected chi connectivity index (χ0v) is 16.3. The van der Waals surface area contributed by atoms with Crippen LogP contribution in [0, 0.1) is 5.82 Å². The number of nitrogens with zero attached hydrogens (tertiary/aromatic N) is 1. The lowest BCUT2D eigenvalue weighted by molar-refractivity contribution is -0.138. The average Bonchev–Trinajstić information content (AvgIpc) is 2.55. The molecule has 1 amide bonds. The van der Waals surface area contributed by atoms with E-state index in [0.717, 1.165) is 12.1 Å². The molecule has 1 aromatic rings. The van der Waals surface area contributed by atoms with E-state index in [2.05, 4.69) is 20.9 Å². The van der Waals surface area contributed by atoms with Crippen LogP contribution in [0.25, 0.3) is 0 Å². The first kappa shape index (κ1) is 23.5. The number of alkyl carbamates (subject to hydrolysis) is 1. The number of hydrogen-bond acceptors (Lipinski definition) is 3. The molecule has 0 spiro atoms. The van der Waals surface area contributed by atoms with Crippen LogP contribution in [-0.4, -0.2) is 37.8 Å². The second-order valence-corrected chi connectivity index (χ2v) is 6.93. The molecule has 0 saturated heterocycles. The molecule has 28 heavy (non-hydrogen) atoms. The molecule has 0 unspecified atom stereocenters. The average molecular weight is 406 g/mol.